The van der Waals surface area contributed by atoms with Crippen molar-refractivity contribution in [3.8, 4) is 0 Å². The number of ether oxygens (including phenoxy) is 4. The minimum atomic E-state index is -3.75. The highest BCUT2D eigenvalue weighted by atomic mass is 32.2. The lowest BCUT2D eigenvalue weighted by Gasteiger charge is -2.08. The Morgan fingerprint density at radius 2 is 1.03 bits per heavy atom. The maximum Gasteiger partial charge on any atom is 0.305 e. The van der Waals surface area contributed by atoms with Crippen LogP contribution < -0.4 is 0 Å². The summed E-state index contributed by atoms with van der Waals surface area (Å²) in [6.07, 6.45) is 17.2. The van der Waals surface area contributed by atoms with Gasteiger partial charge in [-0.2, -0.15) is 8.42 Å². The van der Waals surface area contributed by atoms with Gasteiger partial charge in [0.05, 0.1) is 51.1 Å². The van der Waals surface area contributed by atoms with Gasteiger partial charge in [-0.05, 0) is 18.6 Å². The lowest BCUT2D eigenvalue weighted by molar-refractivity contribution is -0.145. The van der Waals surface area contributed by atoms with Crippen molar-refractivity contribution >= 4 is 16.1 Å². The van der Waals surface area contributed by atoms with Crippen LogP contribution in [-0.2, 0) is 38.0 Å². The highest BCUT2D eigenvalue weighted by Gasteiger charge is 2.13. The van der Waals surface area contributed by atoms with E-state index in [4.69, 9.17) is 23.1 Å². The Bertz CT molecular complexity index is 785. The molecule has 0 aliphatic rings. The molecule has 0 bridgehead atoms. The molecule has 0 aliphatic heterocycles. The predicted molar refractivity (Wildman–Crippen MR) is 153 cm³/mol. The summed E-state index contributed by atoms with van der Waals surface area (Å²) in [5.41, 5.74) is 0. The highest BCUT2D eigenvalue weighted by molar-refractivity contribution is 7.86. The molecule has 9 heteroatoms. The molecule has 226 valence electrons. The Hall–Kier alpha value is -1.52. The highest BCUT2D eigenvalue weighted by Crippen LogP contribution is 2.13. The van der Waals surface area contributed by atoms with E-state index in [9.17, 15) is 13.2 Å². The number of esters is 1. The van der Waals surface area contributed by atoms with E-state index < -0.39 is 10.1 Å². The summed E-state index contributed by atoms with van der Waals surface area (Å²) in [6, 6.07) is 7.99. The second-order valence-electron chi connectivity index (χ2n) is 9.64. The second-order valence-corrected chi connectivity index (χ2v) is 11.3. The van der Waals surface area contributed by atoms with Crippen LogP contribution in [0.2, 0.25) is 0 Å². The van der Waals surface area contributed by atoms with E-state index >= 15 is 0 Å². The Morgan fingerprint density at radius 1 is 0.590 bits per heavy atom. The molecule has 0 aromatic heterocycles. The van der Waals surface area contributed by atoms with Crippen LogP contribution in [0.5, 0.6) is 0 Å². The molecule has 0 unspecified atom stereocenters. The minimum Gasteiger partial charge on any atom is -0.463 e. The first-order valence-electron chi connectivity index (χ1n) is 14.9. The van der Waals surface area contributed by atoms with Gasteiger partial charge in [0.2, 0.25) is 0 Å². The maximum absolute atomic E-state index is 11.9. The monoisotopic (exact) mass is 572 g/mol. The van der Waals surface area contributed by atoms with E-state index in [1.807, 2.05) is 0 Å². The van der Waals surface area contributed by atoms with Gasteiger partial charge >= 0.3 is 5.97 Å². The average molecular weight is 573 g/mol. The molecular weight excluding hydrogens is 520 g/mol. The first-order valence-corrected chi connectivity index (χ1v) is 16.3. The second kappa shape index (κ2) is 25.4. The molecule has 0 spiro atoms. The molecule has 0 radical (unpaired) electrons. The Morgan fingerprint density at radius 3 is 1.54 bits per heavy atom. The zero-order valence-electron chi connectivity index (χ0n) is 24.1. The van der Waals surface area contributed by atoms with Gasteiger partial charge in [0.25, 0.3) is 10.1 Å². The normalized spacial score (nSPS) is 11.6. The molecule has 0 heterocycles. The van der Waals surface area contributed by atoms with E-state index in [1.54, 1.807) is 18.2 Å². The van der Waals surface area contributed by atoms with E-state index in [2.05, 4.69) is 6.92 Å². The minimum absolute atomic E-state index is 0.0571. The first-order chi connectivity index (χ1) is 19.1. The number of benzene rings is 1. The predicted octanol–water partition coefficient (Wildman–Crippen LogP) is 6.47. The summed E-state index contributed by atoms with van der Waals surface area (Å²) in [4.78, 5) is 11.9. The Labute approximate surface area is 237 Å². The molecule has 39 heavy (non-hydrogen) atoms. The number of carbonyl (C=O) groups excluding carboxylic acids is 1. The Kier molecular flexibility index (Phi) is 23.2. The molecular formula is C30H52O8S. The van der Waals surface area contributed by atoms with Crippen molar-refractivity contribution in [1.82, 2.24) is 0 Å². The standard InChI is InChI=1S/C30H52O8S/c1-2-3-4-5-6-7-8-9-10-11-12-13-17-20-30(31)37-27-25-35-23-21-34-22-24-36-26-28-38-39(32,33)29-18-15-14-16-19-29/h14-16,18-19H,2-13,17,20-28H2,1H3. The van der Waals surface area contributed by atoms with Crippen LogP contribution in [0, 0.1) is 0 Å². The number of hydrogen-bond acceptors (Lipinski definition) is 8. The van der Waals surface area contributed by atoms with Crippen molar-refractivity contribution in [1.29, 1.82) is 0 Å². The van der Waals surface area contributed by atoms with Crippen molar-refractivity contribution in [2.24, 2.45) is 0 Å². The van der Waals surface area contributed by atoms with E-state index in [0.717, 1.165) is 12.8 Å². The molecule has 0 aliphatic carbocycles. The van der Waals surface area contributed by atoms with Crippen molar-refractivity contribution in [2.45, 2.75) is 102 Å². The summed E-state index contributed by atoms with van der Waals surface area (Å²) >= 11 is 0. The van der Waals surface area contributed by atoms with Gasteiger partial charge in [0.1, 0.15) is 6.61 Å². The average Bonchev–Trinajstić information content (AvgIpc) is 2.94. The molecule has 0 saturated heterocycles. The van der Waals surface area contributed by atoms with E-state index in [-0.39, 0.29) is 30.7 Å². The molecule has 0 saturated carbocycles. The SMILES string of the molecule is CCCCCCCCCCCCCCCC(=O)OCCOCCOCCOCCOS(=O)(=O)c1ccccc1. The fourth-order valence-corrected chi connectivity index (χ4v) is 4.89. The quantitative estimate of drug-likeness (QED) is 0.0641. The van der Waals surface area contributed by atoms with E-state index in [0.29, 0.717) is 39.5 Å². The van der Waals surface area contributed by atoms with Crippen molar-refractivity contribution in [3.05, 3.63) is 30.3 Å². The molecule has 0 fully saturated rings. The van der Waals surface area contributed by atoms with Gasteiger partial charge in [-0.25, -0.2) is 0 Å². The summed E-state index contributed by atoms with van der Waals surface area (Å²) in [5, 5.41) is 0. The third-order valence-corrected chi connectivity index (χ3v) is 7.54. The zero-order valence-corrected chi connectivity index (χ0v) is 24.9. The van der Waals surface area contributed by atoms with Gasteiger partial charge in [0.15, 0.2) is 0 Å². The summed E-state index contributed by atoms with van der Waals surface area (Å²) in [6.45, 7) is 4.44. The topological polar surface area (TPSA) is 97.4 Å². The summed E-state index contributed by atoms with van der Waals surface area (Å²) in [7, 11) is -3.75. The molecule has 1 aromatic rings. The van der Waals surface area contributed by atoms with Crippen LogP contribution in [0.1, 0.15) is 96.8 Å². The summed E-state index contributed by atoms with van der Waals surface area (Å²) in [5.74, 6) is -0.157. The van der Waals surface area contributed by atoms with Crippen LogP contribution in [0.15, 0.2) is 35.2 Å². The van der Waals surface area contributed by atoms with Crippen LogP contribution in [0.3, 0.4) is 0 Å². The van der Waals surface area contributed by atoms with Crippen LogP contribution >= 0.6 is 0 Å². The third-order valence-electron chi connectivity index (χ3n) is 6.22. The number of rotatable bonds is 28. The summed E-state index contributed by atoms with van der Waals surface area (Å²) < 4.78 is 50.1. The van der Waals surface area contributed by atoms with Gasteiger partial charge in [-0.3, -0.25) is 8.98 Å². The molecule has 0 N–H and O–H groups in total. The van der Waals surface area contributed by atoms with E-state index in [1.165, 1.54) is 82.8 Å². The molecule has 0 amide bonds. The molecule has 0 atom stereocenters. The van der Waals surface area contributed by atoms with Crippen LogP contribution in [0.25, 0.3) is 0 Å². The maximum atomic E-state index is 11.9. The van der Waals surface area contributed by atoms with Crippen LogP contribution in [0.4, 0.5) is 0 Å². The third kappa shape index (κ3) is 21.9. The van der Waals surface area contributed by atoms with Crippen molar-refractivity contribution < 1.29 is 36.3 Å². The number of hydrogen-bond donors (Lipinski definition) is 0. The van der Waals surface area contributed by atoms with Crippen molar-refractivity contribution in [3.63, 3.8) is 0 Å². The largest absolute Gasteiger partial charge is 0.463 e. The van der Waals surface area contributed by atoms with Gasteiger partial charge in [0, 0.05) is 6.42 Å². The molecule has 1 aromatic carbocycles. The first kappa shape index (κ1) is 35.5. The lowest BCUT2D eigenvalue weighted by atomic mass is 10.0. The zero-order chi connectivity index (χ0) is 28.3. The molecule has 8 nitrogen and oxygen atoms in total. The van der Waals surface area contributed by atoms with Crippen molar-refractivity contribution in [2.75, 3.05) is 52.9 Å². The van der Waals surface area contributed by atoms with Crippen LogP contribution in [-0.4, -0.2) is 67.2 Å². The fraction of sp³-hybridized carbons (Fsp3) is 0.767. The number of carbonyl (C=O) groups is 1. The molecule has 1 rings (SSSR count). The van der Waals surface area contributed by atoms with Gasteiger partial charge < -0.3 is 18.9 Å². The smallest absolute Gasteiger partial charge is 0.305 e. The Balaban J connectivity index is 1.77. The fourth-order valence-electron chi connectivity index (χ4n) is 3.97. The van der Waals surface area contributed by atoms with Gasteiger partial charge in [-0.1, -0.05) is 102 Å². The lowest BCUT2D eigenvalue weighted by Crippen LogP contribution is -2.15. The number of unbranched alkanes of at least 4 members (excludes halogenated alkanes) is 12. The van der Waals surface area contributed by atoms with Gasteiger partial charge in [-0.15, -0.1) is 0 Å².